The van der Waals surface area contributed by atoms with Crippen molar-refractivity contribution in [2.75, 3.05) is 21.2 Å². The van der Waals surface area contributed by atoms with E-state index in [2.05, 4.69) is 27.0 Å². The van der Waals surface area contributed by atoms with Gasteiger partial charge in [-0.2, -0.15) is 0 Å². The molecule has 2 aromatic rings. The molecule has 0 saturated carbocycles. The van der Waals surface area contributed by atoms with Crippen LogP contribution < -0.4 is 4.74 Å². The second-order valence-corrected chi connectivity index (χ2v) is 5.28. The molecule has 4 heteroatoms. The van der Waals surface area contributed by atoms with Gasteiger partial charge in [-0.15, -0.1) is 0 Å². The molecular formula is C16H21N3O. The van der Waals surface area contributed by atoms with E-state index in [9.17, 15) is 0 Å². The van der Waals surface area contributed by atoms with Crippen molar-refractivity contribution < 1.29 is 4.74 Å². The highest BCUT2D eigenvalue weighted by atomic mass is 16.5. The molecule has 106 valence electrons. The van der Waals surface area contributed by atoms with Gasteiger partial charge in [0.25, 0.3) is 0 Å². The molecule has 0 saturated heterocycles. The lowest BCUT2D eigenvalue weighted by molar-refractivity contribution is 0.396. The van der Waals surface area contributed by atoms with Crippen molar-refractivity contribution in [1.82, 2.24) is 14.9 Å². The second-order valence-electron chi connectivity index (χ2n) is 5.28. The van der Waals surface area contributed by atoms with E-state index in [-0.39, 0.29) is 0 Å². The standard InChI is InChI=1S/C16H21N3O/c1-11-6-13(7-12(2)16(11)20-5)15-9-17-8-14(18-15)10-19(3)4/h6-9H,10H2,1-5H3. The van der Waals surface area contributed by atoms with Gasteiger partial charge in [0.2, 0.25) is 0 Å². The van der Waals surface area contributed by atoms with Crippen molar-refractivity contribution in [3.63, 3.8) is 0 Å². The van der Waals surface area contributed by atoms with Gasteiger partial charge in [0.15, 0.2) is 0 Å². The number of hydrogen-bond acceptors (Lipinski definition) is 4. The van der Waals surface area contributed by atoms with Crippen LogP contribution in [0.25, 0.3) is 11.3 Å². The van der Waals surface area contributed by atoms with Crippen LogP contribution in [0.15, 0.2) is 24.5 Å². The van der Waals surface area contributed by atoms with E-state index in [1.165, 1.54) is 0 Å². The van der Waals surface area contributed by atoms with Gasteiger partial charge in [0, 0.05) is 18.3 Å². The first-order chi connectivity index (χ1) is 9.51. The van der Waals surface area contributed by atoms with Gasteiger partial charge in [-0.25, -0.2) is 4.98 Å². The van der Waals surface area contributed by atoms with Gasteiger partial charge in [-0.3, -0.25) is 4.98 Å². The number of rotatable bonds is 4. The minimum atomic E-state index is 0.787. The van der Waals surface area contributed by atoms with Gasteiger partial charge < -0.3 is 9.64 Å². The third kappa shape index (κ3) is 3.14. The van der Waals surface area contributed by atoms with Gasteiger partial charge in [-0.1, -0.05) is 0 Å². The molecule has 2 rings (SSSR count). The lowest BCUT2D eigenvalue weighted by Gasteiger charge is -2.12. The molecule has 0 amide bonds. The van der Waals surface area contributed by atoms with Crippen LogP contribution in [0.3, 0.4) is 0 Å². The Morgan fingerprint density at radius 3 is 2.30 bits per heavy atom. The summed E-state index contributed by atoms with van der Waals surface area (Å²) in [6.45, 7) is 4.88. The average molecular weight is 271 g/mol. The summed E-state index contributed by atoms with van der Waals surface area (Å²) in [5.41, 5.74) is 5.18. The zero-order valence-electron chi connectivity index (χ0n) is 12.8. The molecule has 4 nitrogen and oxygen atoms in total. The monoisotopic (exact) mass is 271 g/mol. The summed E-state index contributed by atoms with van der Waals surface area (Å²) in [5, 5.41) is 0. The van der Waals surface area contributed by atoms with Crippen molar-refractivity contribution in [2.45, 2.75) is 20.4 Å². The first kappa shape index (κ1) is 14.5. The molecular weight excluding hydrogens is 250 g/mol. The molecule has 0 bridgehead atoms. The zero-order valence-corrected chi connectivity index (χ0v) is 12.8. The normalized spacial score (nSPS) is 10.9. The minimum absolute atomic E-state index is 0.787. The summed E-state index contributed by atoms with van der Waals surface area (Å²) in [6.07, 6.45) is 3.62. The zero-order chi connectivity index (χ0) is 14.7. The molecule has 0 aliphatic heterocycles. The van der Waals surface area contributed by atoms with Crippen molar-refractivity contribution >= 4 is 0 Å². The average Bonchev–Trinajstić information content (AvgIpc) is 2.38. The van der Waals surface area contributed by atoms with E-state index >= 15 is 0 Å². The largest absolute Gasteiger partial charge is 0.496 e. The third-order valence-corrected chi connectivity index (χ3v) is 3.12. The molecule has 0 atom stereocenters. The Bertz CT molecular complexity index is 585. The van der Waals surface area contributed by atoms with Crippen molar-refractivity contribution in [3.8, 4) is 17.0 Å². The van der Waals surface area contributed by atoms with Crippen LogP contribution in [-0.2, 0) is 6.54 Å². The maximum atomic E-state index is 5.40. The van der Waals surface area contributed by atoms with Crippen LogP contribution in [0.1, 0.15) is 16.8 Å². The van der Waals surface area contributed by atoms with Crippen LogP contribution >= 0.6 is 0 Å². The number of nitrogens with zero attached hydrogens (tertiary/aromatic N) is 3. The summed E-state index contributed by atoms with van der Waals surface area (Å²) in [4.78, 5) is 11.1. The summed E-state index contributed by atoms with van der Waals surface area (Å²) in [7, 11) is 5.75. The van der Waals surface area contributed by atoms with Gasteiger partial charge in [-0.05, 0) is 51.2 Å². The first-order valence-corrected chi connectivity index (χ1v) is 6.62. The van der Waals surface area contributed by atoms with Crippen LogP contribution in [0, 0.1) is 13.8 Å². The highest BCUT2D eigenvalue weighted by Crippen LogP contribution is 2.28. The molecule has 0 unspecified atom stereocenters. The summed E-state index contributed by atoms with van der Waals surface area (Å²) in [5.74, 6) is 0.936. The number of ether oxygens (including phenoxy) is 1. The molecule has 1 aromatic heterocycles. The Morgan fingerprint density at radius 1 is 1.10 bits per heavy atom. The molecule has 0 N–H and O–H groups in total. The fraction of sp³-hybridized carbons (Fsp3) is 0.375. The van der Waals surface area contributed by atoms with Crippen molar-refractivity contribution in [2.24, 2.45) is 0 Å². The Labute approximate surface area is 120 Å². The summed E-state index contributed by atoms with van der Waals surface area (Å²) < 4.78 is 5.40. The van der Waals surface area contributed by atoms with Crippen molar-refractivity contribution in [1.29, 1.82) is 0 Å². The Morgan fingerprint density at radius 2 is 1.75 bits per heavy atom. The topological polar surface area (TPSA) is 38.2 Å². The molecule has 0 radical (unpaired) electrons. The number of benzene rings is 1. The maximum absolute atomic E-state index is 5.40. The highest BCUT2D eigenvalue weighted by molar-refractivity contribution is 5.63. The molecule has 0 fully saturated rings. The fourth-order valence-corrected chi connectivity index (χ4v) is 2.37. The third-order valence-electron chi connectivity index (χ3n) is 3.12. The van der Waals surface area contributed by atoms with Gasteiger partial charge in [0.05, 0.1) is 24.7 Å². The van der Waals surface area contributed by atoms with Crippen LogP contribution in [0.4, 0.5) is 0 Å². The quantitative estimate of drug-likeness (QED) is 0.857. The molecule has 0 spiro atoms. The number of methoxy groups -OCH3 is 1. The van der Waals surface area contributed by atoms with E-state index < -0.39 is 0 Å². The summed E-state index contributed by atoms with van der Waals surface area (Å²) >= 11 is 0. The number of aryl methyl sites for hydroxylation is 2. The maximum Gasteiger partial charge on any atom is 0.124 e. The minimum Gasteiger partial charge on any atom is -0.496 e. The van der Waals surface area contributed by atoms with Crippen LogP contribution in [0.2, 0.25) is 0 Å². The molecule has 0 aliphatic rings. The van der Waals surface area contributed by atoms with E-state index in [1.807, 2.05) is 34.1 Å². The molecule has 1 aromatic carbocycles. The van der Waals surface area contributed by atoms with Crippen molar-refractivity contribution in [3.05, 3.63) is 41.3 Å². The Kier molecular flexibility index (Phi) is 4.35. The number of aromatic nitrogens is 2. The van der Waals surface area contributed by atoms with E-state index in [0.717, 1.165) is 40.4 Å². The first-order valence-electron chi connectivity index (χ1n) is 6.62. The van der Waals surface area contributed by atoms with Crippen LogP contribution in [-0.4, -0.2) is 36.1 Å². The van der Waals surface area contributed by atoms with Gasteiger partial charge >= 0.3 is 0 Å². The smallest absolute Gasteiger partial charge is 0.124 e. The second kappa shape index (κ2) is 6.01. The molecule has 1 heterocycles. The van der Waals surface area contributed by atoms with Crippen LogP contribution in [0.5, 0.6) is 5.75 Å². The highest BCUT2D eigenvalue weighted by Gasteiger charge is 2.09. The lowest BCUT2D eigenvalue weighted by atomic mass is 10.0. The predicted octanol–water partition coefficient (Wildman–Crippen LogP) is 2.83. The summed E-state index contributed by atoms with van der Waals surface area (Å²) in [6, 6.07) is 4.19. The predicted molar refractivity (Wildman–Crippen MR) is 80.9 cm³/mol. The fourth-order valence-electron chi connectivity index (χ4n) is 2.37. The Balaban J connectivity index is 2.41. The van der Waals surface area contributed by atoms with E-state index in [0.29, 0.717) is 0 Å². The Hall–Kier alpha value is -1.94. The lowest BCUT2D eigenvalue weighted by Crippen LogP contribution is -2.12. The van der Waals surface area contributed by atoms with E-state index in [1.54, 1.807) is 13.3 Å². The number of hydrogen-bond donors (Lipinski definition) is 0. The molecule has 0 aliphatic carbocycles. The SMILES string of the molecule is COc1c(C)cc(-c2cncc(CN(C)C)n2)cc1C. The van der Waals surface area contributed by atoms with E-state index in [4.69, 9.17) is 4.74 Å². The van der Waals surface area contributed by atoms with Gasteiger partial charge in [0.1, 0.15) is 5.75 Å². The molecule has 20 heavy (non-hydrogen) atoms.